The van der Waals surface area contributed by atoms with E-state index < -0.39 is 36.0 Å². The molecular weight excluding hydrogens is 291 g/mol. The molecule has 1 aromatic heterocycles. The van der Waals surface area contributed by atoms with Crippen LogP contribution in [-0.4, -0.2) is 50.1 Å². The van der Waals surface area contributed by atoms with Crippen molar-refractivity contribution >= 4 is 5.95 Å². The fourth-order valence-corrected chi connectivity index (χ4v) is 2.36. The molecule has 0 bridgehead atoms. The maximum atomic E-state index is 12.5. The van der Waals surface area contributed by atoms with Crippen LogP contribution < -0.4 is 5.32 Å². The van der Waals surface area contributed by atoms with Crippen molar-refractivity contribution in [3.8, 4) is 0 Å². The zero-order valence-electron chi connectivity index (χ0n) is 11.0. The average molecular weight is 307 g/mol. The van der Waals surface area contributed by atoms with Gasteiger partial charge in [0.25, 0.3) is 0 Å². The Balaban J connectivity index is 2.08. The molecule has 3 unspecified atom stereocenters. The Kier molecular flexibility index (Phi) is 4.64. The van der Waals surface area contributed by atoms with E-state index in [1.807, 2.05) is 0 Å². The SMILES string of the molecule is OCC1CCC(Nc2nccc(C(F)(F)F)n2)C(O)[C@H]1O. The van der Waals surface area contributed by atoms with Crippen LogP contribution in [0.3, 0.4) is 0 Å². The summed E-state index contributed by atoms with van der Waals surface area (Å²) in [6.07, 6.45) is -5.15. The first-order chi connectivity index (χ1) is 9.82. The summed E-state index contributed by atoms with van der Waals surface area (Å²) in [4.78, 5) is 7.03. The van der Waals surface area contributed by atoms with E-state index in [1.54, 1.807) is 0 Å². The van der Waals surface area contributed by atoms with E-state index in [4.69, 9.17) is 5.11 Å². The van der Waals surface area contributed by atoms with Gasteiger partial charge in [0.15, 0.2) is 0 Å². The van der Waals surface area contributed by atoms with Crippen LogP contribution in [-0.2, 0) is 6.18 Å². The largest absolute Gasteiger partial charge is 0.433 e. The van der Waals surface area contributed by atoms with Crippen molar-refractivity contribution in [2.24, 2.45) is 5.92 Å². The van der Waals surface area contributed by atoms with E-state index in [-0.39, 0.29) is 12.6 Å². The maximum Gasteiger partial charge on any atom is 0.433 e. The molecule has 1 aliphatic rings. The minimum absolute atomic E-state index is 0.259. The van der Waals surface area contributed by atoms with Gasteiger partial charge in [0.1, 0.15) is 11.8 Å². The van der Waals surface area contributed by atoms with Crippen LogP contribution in [0.5, 0.6) is 0 Å². The molecule has 0 aromatic carbocycles. The lowest BCUT2D eigenvalue weighted by atomic mass is 9.82. The molecule has 118 valence electrons. The summed E-state index contributed by atoms with van der Waals surface area (Å²) in [5, 5.41) is 31.4. The van der Waals surface area contributed by atoms with Crippen LogP contribution in [0, 0.1) is 5.92 Å². The third kappa shape index (κ3) is 3.60. The predicted molar refractivity (Wildman–Crippen MR) is 66.3 cm³/mol. The molecule has 21 heavy (non-hydrogen) atoms. The van der Waals surface area contributed by atoms with Crippen molar-refractivity contribution < 1.29 is 28.5 Å². The van der Waals surface area contributed by atoms with Crippen molar-refractivity contribution in [2.45, 2.75) is 37.3 Å². The Hall–Kier alpha value is -1.45. The Morgan fingerprint density at radius 1 is 1.24 bits per heavy atom. The first kappa shape index (κ1) is 15.9. The minimum Gasteiger partial charge on any atom is -0.396 e. The van der Waals surface area contributed by atoms with Gasteiger partial charge in [0.05, 0.1) is 12.1 Å². The first-order valence-corrected chi connectivity index (χ1v) is 6.46. The van der Waals surface area contributed by atoms with Crippen LogP contribution in [0.2, 0.25) is 0 Å². The van der Waals surface area contributed by atoms with Gasteiger partial charge in [-0.05, 0) is 18.9 Å². The highest BCUT2D eigenvalue weighted by molar-refractivity contribution is 5.28. The summed E-state index contributed by atoms with van der Waals surface area (Å²) in [7, 11) is 0. The molecular formula is C12H16F3N3O3. The molecule has 1 saturated carbocycles. The summed E-state index contributed by atoms with van der Waals surface area (Å²) in [6, 6.07) is 0.0744. The van der Waals surface area contributed by atoms with Gasteiger partial charge in [-0.25, -0.2) is 9.97 Å². The van der Waals surface area contributed by atoms with Gasteiger partial charge in [-0.15, -0.1) is 0 Å². The number of hydrogen-bond donors (Lipinski definition) is 4. The Morgan fingerprint density at radius 3 is 2.57 bits per heavy atom. The van der Waals surface area contributed by atoms with Crippen LogP contribution in [0.15, 0.2) is 12.3 Å². The fourth-order valence-electron chi connectivity index (χ4n) is 2.36. The number of anilines is 1. The van der Waals surface area contributed by atoms with Gasteiger partial charge in [0, 0.05) is 18.7 Å². The quantitative estimate of drug-likeness (QED) is 0.645. The number of nitrogens with one attached hydrogen (secondary N) is 1. The molecule has 0 radical (unpaired) electrons. The zero-order valence-corrected chi connectivity index (χ0v) is 11.0. The van der Waals surface area contributed by atoms with E-state index in [0.29, 0.717) is 12.8 Å². The van der Waals surface area contributed by atoms with Crippen molar-refractivity contribution in [3.05, 3.63) is 18.0 Å². The second-order valence-electron chi connectivity index (χ2n) is 5.02. The Labute approximate surface area is 118 Å². The number of alkyl halides is 3. The molecule has 9 heteroatoms. The number of aliphatic hydroxyl groups excluding tert-OH is 3. The van der Waals surface area contributed by atoms with Crippen LogP contribution in [0.25, 0.3) is 0 Å². The topological polar surface area (TPSA) is 98.5 Å². The summed E-state index contributed by atoms with van der Waals surface area (Å²) in [5.74, 6) is -0.705. The van der Waals surface area contributed by atoms with Crippen molar-refractivity contribution in [1.29, 1.82) is 0 Å². The maximum absolute atomic E-state index is 12.5. The second-order valence-corrected chi connectivity index (χ2v) is 5.02. The number of nitrogens with zero attached hydrogens (tertiary/aromatic N) is 2. The van der Waals surface area contributed by atoms with E-state index >= 15 is 0 Å². The second kappa shape index (κ2) is 6.12. The Bertz CT molecular complexity index is 486. The molecule has 2 rings (SSSR count). The van der Waals surface area contributed by atoms with Gasteiger partial charge >= 0.3 is 6.18 Å². The number of hydrogen-bond acceptors (Lipinski definition) is 6. The normalized spacial score (nSPS) is 30.2. The zero-order chi connectivity index (χ0) is 15.6. The van der Waals surface area contributed by atoms with Gasteiger partial charge in [0.2, 0.25) is 5.95 Å². The van der Waals surface area contributed by atoms with Crippen LogP contribution in [0.1, 0.15) is 18.5 Å². The minimum atomic E-state index is -4.58. The molecule has 0 aliphatic heterocycles. The highest BCUT2D eigenvalue weighted by atomic mass is 19.4. The first-order valence-electron chi connectivity index (χ1n) is 6.46. The number of aliphatic hydroxyl groups is 3. The van der Waals surface area contributed by atoms with Crippen molar-refractivity contribution in [3.63, 3.8) is 0 Å². The molecule has 0 saturated heterocycles. The van der Waals surface area contributed by atoms with Crippen LogP contribution in [0.4, 0.5) is 19.1 Å². The third-order valence-corrected chi connectivity index (χ3v) is 3.59. The summed E-state index contributed by atoms with van der Waals surface area (Å²) in [6.45, 7) is -0.259. The molecule has 1 heterocycles. The van der Waals surface area contributed by atoms with Gasteiger partial charge < -0.3 is 20.6 Å². The lowest BCUT2D eigenvalue weighted by Gasteiger charge is -2.37. The smallest absolute Gasteiger partial charge is 0.396 e. The lowest BCUT2D eigenvalue weighted by Crippen LogP contribution is -2.50. The van der Waals surface area contributed by atoms with E-state index in [2.05, 4.69) is 15.3 Å². The molecule has 6 nitrogen and oxygen atoms in total. The average Bonchev–Trinajstić information content (AvgIpc) is 2.44. The summed E-state index contributed by atoms with van der Waals surface area (Å²) >= 11 is 0. The lowest BCUT2D eigenvalue weighted by molar-refractivity contribution is -0.141. The fraction of sp³-hybridized carbons (Fsp3) is 0.667. The predicted octanol–water partition coefficient (Wildman–Crippen LogP) is 0.400. The van der Waals surface area contributed by atoms with Crippen molar-refractivity contribution in [1.82, 2.24) is 9.97 Å². The molecule has 0 spiro atoms. The van der Waals surface area contributed by atoms with E-state index in [1.165, 1.54) is 0 Å². The standard InChI is InChI=1S/C12H16F3N3O3/c13-12(14,15)8-3-4-16-11(18-8)17-7-2-1-6(5-19)9(20)10(7)21/h3-4,6-7,9-10,19-21H,1-2,5H2,(H,16,17,18)/t6?,7?,9-,10?/m0/s1. The van der Waals surface area contributed by atoms with Gasteiger partial charge in [-0.3, -0.25) is 0 Å². The molecule has 0 amide bonds. The highest BCUT2D eigenvalue weighted by Gasteiger charge is 2.38. The highest BCUT2D eigenvalue weighted by Crippen LogP contribution is 2.29. The number of halogens is 3. The molecule has 1 fully saturated rings. The number of rotatable bonds is 3. The number of aromatic nitrogens is 2. The molecule has 4 N–H and O–H groups in total. The van der Waals surface area contributed by atoms with Crippen LogP contribution >= 0.6 is 0 Å². The molecule has 1 aliphatic carbocycles. The van der Waals surface area contributed by atoms with Gasteiger partial charge in [-0.2, -0.15) is 13.2 Å². The van der Waals surface area contributed by atoms with E-state index in [0.717, 1.165) is 12.3 Å². The van der Waals surface area contributed by atoms with Gasteiger partial charge in [-0.1, -0.05) is 0 Å². The monoisotopic (exact) mass is 307 g/mol. The van der Waals surface area contributed by atoms with Crippen molar-refractivity contribution in [2.75, 3.05) is 11.9 Å². The Morgan fingerprint density at radius 2 is 1.95 bits per heavy atom. The summed E-state index contributed by atoms with van der Waals surface area (Å²) in [5.41, 5.74) is -1.08. The van der Waals surface area contributed by atoms with E-state index in [9.17, 15) is 23.4 Å². The third-order valence-electron chi connectivity index (χ3n) is 3.59. The summed E-state index contributed by atoms with van der Waals surface area (Å²) < 4.78 is 37.6. The molecule has 1 aromatic rings. The molecule has 4 atom stereocenters.